The van der Waals surface area contributed by atoms with E-state index in [0.29, 0.717) is 17.1 Å². The van der Waals surface area contributed by atoms with Crippen LogP contribution >= 0.6 is 11.3 Å². The molecule has 0 aliphatic rings. The van der Waals surface area contributed by atoms with Gasteiger partial charge in [-0.05, 0) is 35.7 Å². The van der Waals surface area contributed by atoms with Gasteiger partial charge < -0.3 is 11.1 Å². The maximum Gasteiger partial charge on any atom is 0.261 e. The number of carbonyl (C=O) groups is 1. The Morgan fingerprint density at radius 1 is 1.38 bits per heavy atom. The zero-order valence-electron chi connectivity index (χ0n) is 11.7. The average molecular weight is 300 g/mol. The Balaban J connectivity index is 1.65. The molecular weight excluding hydrogens is 284 g/mol. The summed E-state index contributed by atoms with van der Waals surface area (Å²) in [5, 5.41) is 8.05. The SMILES string of the molecule is Cn1nccc1CCNC(=O)c1cc2cc(N)ccc2s1. The summed E-state index contributed by atoms with van der Waals surface area (Å²) in [6.45, 7) is 0.592. The number of anilines is 1. The van der Waals surface area contributed by atoms with Gasteiger partial charge in [-0.15, -0.1) is 11.3 Å². The van der Waals surface area contributed by atoms with Crippen molar-refractivity contribution in [1.29, 1.82) is 0 Å². The number of nitrogen functional groups attached to an aromatic ring is 1. The minimum Gasteiger partial charge on any atom is -0.399 e. The monoisotopic (exact) mass is 300 g/mol. The molecule has 6 heteroatoms. The molecule has 2 heterocycles. The lowest BCUT2D eigenvalue weighted by Crippen LogP contribution is -2.25. The molecule has 0 saturated carbocycles. The van der Waals surface area contributed by atoms with Gasteiger partial charge in [-0.3, -0.25) is 9.48 Å². The lowest BCUT2D eigenvalue weighted by Gasteiger charge is -2.03. The molecule has 3 rings (SSSR count). The highest BCUT2D eigenvalue weighted by molar-refractivity contribution is 7.20. The van der Waals surface area contributed by atoms with E-state index in [9.17, 15) is 4.79 Å². The first-order valence-electron chi connectivity index (χ1n) is 6.67. The smallest absolute Gasteiger partial charge is 0.261 e. The number of nitrogens with zero attached hydrogens (tertiary/aromatic N) is 2. The second kappa shape index (κ2) is 5.57. The second-order valence-electron chi connectivity index (χ2n) is 4.86. The number of hydrogen-bond acceptors (Lipinski definition) is 4. The van der Waals surface area contributed by atoms with Crippen LogP contribution in [0, 0.1) is 0 Å². The molecule has 0 spiro atoms. The first-order valence-corrected chi connectivity index (χ1v) is 7.49. The molecule has 1 aromatic carbocycles. The van der Waals surface area contributed by atoms with Crippen molar-refractivity contribution in [1.82, 2.24) is 15.1 Å². The standard InChI is InChI=1S/C15H16N4OS/c1-19-12(5-7-18-19)4-6-17-15(20)14-9-10-8-11(16)2-3-13(10)21-14/h2-3,5,7-9H,4,6,16H2,1H3,(H,17,20). The Morgan fingerprint density at radius 2 is 2.24 bits per heavy atom. The van der Waals surface area contributed by atoms with Gasteiger partial charge in [0.1, 0.15) is 0 Å². The number of amides is 1. The first-order chi connectivity index (χ1) is 10.1. The molecular formula is C15H16N4OS. The van der Waals surface area contributed by atoms with Crippen molar-refractivity contribution in [3.8, 4) is 0 Å². The van der Waals surface area contributed by atoms with E-state index < -0.39 is 0 Å². The molecule has 0 aliphatic carbocycles. The first kappa shape index (κ1) is 13.6. The molecule has 108 valence electrons. The van der Waals surface area contributed by atoms with Crippen molar-refractivity contribution in [2.75, 3.05) is 12.3 Å². The molecule has 0 fully saturated rings. The van der Waals surface area contributed by atoms with Crippen molar-refractivity contribution in [2.24, 2.45) is 7.05 Å². The maximum absolute atomic E-state index is 12.2. The van der Waals surface area contributed by atoms with E-state index in [1.54, 1.807) is 6.20 Å². The fourth-order valence-electron chi connectivity index (χ4n) is 2.21. The number of nitrogens with one attached hydrogen (secondary N) is 1. The number of fused-ring (bicyclic) bond motifs is 1. The van der Waals surface area contributed by atoms with Gasteiger partial charge >= 0.3 is 0 Å². The minimum absolute atomic E-state index is 0.0445. The van der Waals surface area contributed by atoms with Gasteiger partial charge in [0.2, 0.25) is 0 Å². The Hall–Kier alpha value is -2.34. The van der Waals surface area contributed by atoms with E-state index in [0.717, 1.165) is 22.2 Å². The predicted octanol–water partition coefficient (Wildman–Crippen LogP) is 2.19. The van der Waals surface area contributed by atoms with Crippen molar-refractivity contribution in [3.05, 3.63) is 47.1 Å². The van der Waals surface area contributed by atoms with Crippen LogP contribution in [-0.4, -0.2) is 22.2 Å². The van der Waals surface area contributed by atoms with Gasteiger partial charge in [-0.2, -0.15) is 5.10 Å². The number of aryl methyl sites for hydroxylation is 1. The molecule has 0 aliphatic heterocycles. The highest BCUT2D eigenvalue weighted by atomic mass is 32.1. The lowest BCUT2D eigenvalue weighted by molar-refractivity contribution is 0.0958. The van der Waals surface area contributed by atoms with Crippen LogP contribution in [0.3, 0.4) is 0 Å². The summed E-state index contributed by atoms with van der Waals surface area (Å²) in [5.74, 6) is -0.0445. The van der Waals surface area contributed by atoms with E-state index in [1.807, 2.05) is 42.1 Å². The summed E-state index contributed by atoms with van der Waals surface area (Å²) in [4.78, 5) is 12.9. The summed E-state index contributed by atoms with van der Waals surface area (Å²) < 4.78 is 2.88. The normalized spacial score (nSPS) is 10.9. The number of hydrogen-bond donors (Lipinski definition) is 2. The molecule has 0 radical (unpaired) electrons. The van der Waals surface area contributed by atoms with Crippen molar-refractivity contribution in [3.63, 3.8) is 0 Å². The van der Waals surface area contributed by atoms with E-state index in [4.69, 9.17) is 5.73 Å². The minimum atomic E-state index is -0.0445. The van der Waals surface area contributed by atoms with Crippen LogP contribution in [0.25, 0.3) is 10.1 Å². The molecule has 1 amide bonds. The fraction of sp³-hybridized carbons (Fsp3) is 0.200. The summed E-state index contributed by atoms with van der Waals surface area (Å²) in [6.07, 6.45) is 2.52. The number of benzene rings is 1. The van der Waals surface area contributed by atoms with E-state index in [1.165, 1.54) is 11.3 Å². The highest BCUT2D eigenvalue weighted by Crippen LogP contribution is 2.27. The van der Waals surface area contributed by atoms with Crippen LogP contribution in [0.5, 0.6) is 0 Å². The van der Waals surface area contributed by atoms with Crippen molar-refractivity contribution in [2.45, 2.75) is 6.42 Å². The Morgan fingerprint density at radius 3 is 3.00 bits per heavy atom. The van der Waals surface area contributed by atoms with Crippen LogP contribution < -0.4 is 11.1 Å². The van der Waals surface area contributed by atoms with Gasteiger partial charge in [-0.25, -0.2) is 0 Å². The summed E-state index contributed by atoms with van der Waals surface area (Å²) in [7, 11) is 1.90. The quantitative estimate of drug-likeness (QED) is 0.725. The average Bonchev–Trinajstić information content (AvgIpc) is 3.05. The molecule has 5 nitrogen and oxygen atoms in total. The molecule has 0 atom stereocenters. The van der Waals surface area contributed by atoms with E-state index >= 15 is 0 Å². The molecule has 3 N–H and O–H groups in total. The van der Waals surface area contributed by atoms with Gasteiger partial charge in [-0.1, -0.05) is 0 Å². The van der Waals surface area contributed by atoms with Gasteiger partial charge in [0, 0.05) is 42.3 Å². The molecule has 0 saturated heterocycles. The number of nitrogens with two attached hydrogens (primary N) is 1. The van der Waals surface area contributed by atoms with Crippen LogP contribution in [0.1, 0.15) is 15.4 Å². The third-order valence-electron chi connectivity index (χ3n) is 3.35. The largest absolute Gasteiger partial charge is 0.399 e. The number of aromatic nitrogens is 2. The van der Waals surface area contributed by atoms with Crippen LogP contribution in [0.15, 0.2) is 36.5 Å². The highest BCUT2D eigenvalue weighted by Gasteiger charge is 2.10. The van der Waals surface area contributed by atoms with Crippen molar-refractivity contribution >= 4 is 33.0 Å². The zero-order valence-corrected chi connectivity index (χ0v) is 12.5. The van der Waals surface area contributed by atoms with E-state index in [2.05, 4.69) is 10.4 Å². The molecule has 0 bridgehead atoms. The Kier molecular flexibility index (Phi) is 3.62. The molecule has 2 aromatic heterocycles. The third kappa shape index (κ3) is 2.90. The van der Waals surface area contributed by atoms with Gasteiger partial charge in [0.15, 0.2) is 0 Å². The molecule has 0 unspecified atom stereocenters. The number of rotatable bonds is 4. The Labute approximate surface area is 126 Å². The van der Waals surface area contributed by atoms with Crippen LogP contribution in [0.4, 0.5) is 5.69 Å². The lowest BCUT2D eigenvalue weighted by atomic mass is 10.2. The summed E-state index contributed by atoms with van der Waals surface area (Å²) in [6, 6.07) is 9.52. The zero-order chi connectivity index (χ0) is 14.8. The summed E-state index contributed by atoms with van der Waals surface area (Å²) >= 11 is 1.48. The van der Waals surface area contributed by atoms with Crippen LogP contribution in [-0.2, 0) is 13.5 Å². The molecule has 21 heavy (non-hydrogen) atoms. The van der Waals surface area contributed by atoms with Crippen LogP contribution in [0.2, 0.25) is 0 Å². The Bertz CT molecular complexity index is 790. The summed E-state index contributed by atoms with van der Waals surface area (Å²) in [5.41, 5.74) is 7.56. The van der Waals surface area contributed by atoms with Gasteiger partial charge in [0.05, 0.1) is 4.88 Å². The topological polar surface area (TPSA) is 72.9 Å². The van der Waals surface area contributed by atoms with E-state index in [-0.39, 0.29) is 5.91 Å². The number of thiophene rings is 1. The predicted molar refractivity (Wildman–Crippen MR) is 85.5 cm³/mol. The second-order valence-corrected chi connectivity index (χ2v) is 5.94. The fourth-order valence-corrected chi connectivity index (χ4v) is 3.17. The maximum atomic E-state index is 12.2. The van der Waals surface area contributed by atoms with Gasteiger partial charge in [0.25, 0.3) is 5.91 Å². The van der Waals surface area contributed by atoms with Crippen molar-refractivity contribution < 1.29 is 4.79 Å². The number of carbonyl (C=O) groups excluding carboxylic acids is 1. The third-order valence-corrected chi connectivity index (χ3v) is 4.47. The molecule has 3 aromatic rings.